The number of anilines is 1. The van der Waals surface area contributed by atoms with Crippen LogP contribution in [0, 0.1) is 0 Å². The number of hydrogen-bond donors (Lipinski definition) is 4. The average molecular weight is 294 g/mol. The fourth-order valence-corrected chi connectivity index (χ4v) is 2.71. The number of aromatic nitrogens is 3. The van der Waals surface area contributed by atoms with Gasteiger partial charge in [0.1, 0.15) is 41.7 Å². The second-order valence-electron chi connectivity index (χ2n) is 5.48. The van der Waals surface area contributed by atoms with Crippen molar-refractivity contribution in [3.05, 3.63) is 18.6 Å². The van der Waals surface area contributed by atoms with Crippen molar-refractivity contribution in [3.63, 3.8) is 0 Å². The molecular formula is C13H18N4O4. The van der Waals surface area contributed by atoms with E-state index >= 15 is 0 Å². The van der Waals surface area contributed by atoms with Crippen LogP contribution < -0.4 is 5.73 Å². The zero-order valence-corrected chi connectivity index (χ0v) is 11.5. The Bertz CT molecular complexity index is 657. The van der Waals surface area contributed by atoms with E-state index in [9.17, 15) is 15.3 Å². The van der Waals surface area contributed by atoms with Gasteiger partial charge in [-0.1, -0.05) is 0 Å². The molecule has 2 aromatic rings. The summed E-state index contributed by atoms with van der Waals surface area (Å²) in [5, 5.41) is 30.3. The van der Waals surface area contributed by atoms with Gasteiger partial charge in [-0.25, -0.2) is 9.97 Å². The lowest BCUT2D eigenvalue weighted by atomic mass is 9.93. The fraction of sp³-hybridized carbons (Fsp3) is 0.538. The first-order valence-corrected chi connectivity index (χ1v) is 6.67. The molecule has 8 nitrogen and oxygen atoms in total. The lowest BCUT2D eigenvalue weighted by Crippen LogP contribution is -2.47. The van der Waals surface area contributed by atoms with E-state index in [1.54, 1.807) is 16.8 Å². The van der Waals surface area contributed by atoms with Crippen molar-refractivity contribution in [1.82, 2.24) is 14.5 Å². The van der Waals surface area contributed by atoms with Crippen LogP contribution in [0.25, 0.3) is 11.0 Å². The third-order valence-electron chi connectivity index (χ3n) is 4.07. The molecule has 0 saturated carbocycles. The SMILES string of the molecule is C[C@]1(O)[C@H](Cn2ccc3c(N)ncnc32)O[C@H](CO)[C@H]1O. The molecule has 3 rings (SSSR count). The summed E-state index contributed by atoms with van der Waals surface area (Å²) in [6.45, 7) is 1.42. The highest BCUT2D eigenvalue weighted by Crippen LogP contribution is 2.32. The summed E-state index contributed by atoms with van der Waals surface area (Å²) in [6.07, 6.45) is 0.526. The summed E-state index contributed by atoms with van der Waals surface area (Å²) in [6, 6.07) is 1.79. The Morgan fingerprint density at radius 3 is 2.90 bits per heavy atom. The van der Waals surface area contributed by atoms with Crippen LogP contribution in [-0.4, -0.2) is 60.4 Å². The Hall–Kier alpha value is -1.74. The van der Waals surface area contributed by atoms with Crippen molar-refractivity contribution in [2.45, 2.75) is 37.4 Å². The molecule has 114 valence electrons. The molecule has 0 unspecified atom stereocenters. The predicted molar refractivity (Wildman–Crippen MR) is 74.3 cm³/mol. The molecule has 1 aliphatic heterocycles. The van der Waals surface area contributed by atoms with Gasteiger partial charge in [0.25, 0.3) is 0 Å². The van der Waals surface area contributed by atoms with Gasteiger partial charge in [0.05, 0.1) is 18.5 Å². The maximum Gasteiger partial charge on any atom is 0.145 e. The largest absolute Gasteiger partial charge is 0.394 e. The van der Waals surface area contributed by atoms with E-state index in [1.165, 1.54) is 13.3 Å². The van der Waals surface area contributed by atoms with Gasteiger partial charge >= 0.3 is 0 Å². The van der Waals surface area contributed by atoms with Crippen LogP contribution in [0.2, 0.25) is 0 Å². The molecule has 0 bridgehead atoms. The minimum Gasteiger partial charge on any atom is -0.394 e. The van der Waals surface area contributed by atoms with Gasteiger partial charge in [-0.2, -0.15) is 0 Å². The molecule has 0 aromatic carbocycles. The van der Waals surface area contributed by atoms with Crippen LogP contribution in [0.4, 0.5) is 5.82 Å². The van der Waals surface area contributed by atoms with Gasteiger partial charge in [-0.15, -0.1) is 0 Å². The number of rotatable bonds is 3. The normalized spacial score (nSPS) is 32.9. The van der Waals surface area contributed by atoms with E-state index < -0.39 is 23.9 Å². The second-order valence-corrected chi connectivity index (χ2v) is 5.48. The van der Waals surface area contributed by atoms with E-state index in [1.807, 2.05) is 0 Å². The minimum absolute atomic E-state index is 0.278. The molecule has 0 radical (unpaired) electrons. The third kappa shape index (κ3) is 2.16. The van der Waals surface area contributed by atoms with Crippen molar-refractivity contribution in [2.24, 2.45) is 0 Å². The fourth-order valence-electron chi connectivity index (χ4n) is 2.71. The first kappa shape index (κ1) is 14.2. The molecule has 1 fully saturated rings. The van der Waals surface area contributed by atoms with Gasteiger partial charge in [-0.05, 0) is 13.0 Å². The van der Waals surface area contributed by atoms with E-state index in [-0.39, 0.29) is 13.2 Å². The molecule has 5 N–H and O–H groups in total. The lowest BCUT2D eigenvalue weighted by molar-refractivity contribution is -0.0677. The quantitative estimate of drug-likeness (QED) is 0.565. The van der Waals surface area contributed by atoms with E-state index in [2.05, 4.69) is 9.97 Å². The third-order valence-corrected chi connectivity index (χ3v) is 4.07. The van der Waals surface area contributed by atoms with Crippen molar-refractivity contribution in [1.29, 1.82) is 0 Å². The van der Waals surface area contributed by atoms with E-state index in [0.717, 1.165) is 5.39 Å². The summed E-state index contributed by atoms with van der Waals surface area (Å²) >= 11 is 0. The van der Waals surface area contributed by atoms with Crippen LogP contribution >= 0.6 is 0 Å². The highest BCUT2D eigenvalue weighted by Gasteiger charge is 2.51. The number of aliphatic hydroxyl groups excluding tert-OH is 2. The molecule has 1 aliphatic rings. The first-order valence-electron chi connectivity index (χ1n) is 6.67. The van der Waals surface area contributed by atoms with Gasteiger partial charge in [0.15, 0.2) is 0 Å². The molecule has 0 aliphatic carbocycles. The Kier molecular flexibility index (Phi) is 3.33. The number of aliphatic hydroxyl groups is 3. The average Bonchev–Trinajstić information content (AvgIpc) is 2.95. The first-order chi connectivity index (χ1) is 9.95. The summed E-state index contributed by atoms with van der Waals surface area (Å²) in [5.41, 5.74) is 4.95. The van der Waals surface area contributed by atoms with Crippen molar-refractivity contribution in [3.8, 4) is 0 Å². The van der Waals surface area contributed by atoms with E-state index in [0.29, 0.717) is 11.5 Å². The summed E-state index contributed by atoms with van der Waals surface area (Å²) < 4.78 is 7.32. The van der Waals surface area contributed by atoms with Gasteiger partial charge < -0.3 is 30.4 Å². The maximum atomic E-state index is 10.4. The number of ether oxygens (including phenoxy) is 1. The van der Waals surface area contributed by atoms with Crippen LogP contribution in [0.5, 0.6) is 0 Å². The Morgan fingerprint density at radius 2 is 2.24 bits per heavy atom. The molecule has 4 atom stereocenters. The molecular weight excluding hydrogens is 276 g/mol. The smallest absolute Gasteiger partial charge is 0.145 e. The minimum atomic E-state index is -1.46. The van der Waals surface area contributed by atoms with Crippen LogP contribution in [0.1, 0.15) is 6.92 Å². The summed E-state index contributed by atoms with van der Waals surface area (Å²) in [5.74, 6) is 0.381. The van der Waals surface area contributed by atoms with Crippen LogP contribution in [0.3, 0.4) is 0 Å². The maximum absolute atomic E-state index is 10.4. The molecule has 3 heterocycles. The molecule has 0 spiro atoms. The monoisotopic (exact) mass is 294 g/mol. The van der Waals surface area contributed by atoms with Crippen LogP contribution in [0.15, 0.2) is 18.6 Å². The zero-order valence-electron chi connectivity index (χ0n) is 11.5. The Balaban J connectivity index is 1.90. The van der Waals surface area contributed by atoms with Gasteiger partial charge in [-0.3, -0.25) is 0 Å². The van der Waals surface area contributed by atoms with E-state index in [4.69, 9.17) is 10.5 Å². The number of nitrogen functional groups attached to an aromatic ring is 1. The molecule has 2 aromatic heterocycles. The van der Waals surface area contributed by atoms with Gasteiger partial charge in [0, 0.05) is 6.20 Å². The lowest BCUT2D eigenvalue weighted by Gasteiger charge is -2.26. The number of nitrogens with two attached hydrogens (primary N) is 1. The standard InChI is InChI=1S/C13H18N4O4/c1-13(20)9(21-8(5-18)10(13)19)4-17-3-2-7-11(14)15-6-16-12(7)17/h2-3,6,8-10,18-20H,4-5H2,1H3,(H2,14,15,16)/t8-,9+,10-,13+/m1/s1. The second kappa shape index (κ2) is 4.92. The van der Waals surface area contributed by atoms with Crippen molar-refractivity contribution >= 4 is 16.9 Å². The number of hydrogen-bond acceptors (Lipinski definition) is 7. The highest BCUT2D eigenvalue weighted by molar-refractivity contribution is 5.85. The molecule has 1 saturated heterocycles. The molecule has 21 heavy (non-hydrogen) atoms. The summed E-state index contributed by atoms with van der Waals surface area (Å²) in [4.78, 5) is 8.09. The molecule has 8 heteroatoms. The predicted octanol–water partition coefficient (Wildman–Crippen LogP) is -1.11. The van der Waals surface area contributed by atoms with Crippen LogP contribution in [-0.2, 0) is 11.3 Å². The number of fused-ring (bicyclic) bond motifs is 1. The topological polar surface area (TPSA) is 127 Å². The Morgan fingerprint density at radius 1 is 1.48 bits per heavy atom. The Labute approximate surface area is 120 Å². The highest BCUT2D eigenvalue weighted by atomic mass is 16.6. The van der Waals surface area contributed by atoms with Crippen molar-refractivity contribution in [2.75, 3.05) is 12.3 Å². The summed E-state index contributed by atoms with van der Waals surface area (Å²) in [7, 11) is 0. The zero-order chi connectivity index (χ0) is 15.2. The molecule has 0 amide bonds. The van der Waals surface area contributed by atoms with Gasteiger partial charge in [0.2, 0.25) is 0 Å². The number of nitrogens with zero attached hydrogens (tertiary/aromatic N) is 3. The van der Waals surface area contributed by atoms with Crippen molar-refractivity contribution < 1.29 is 20.1 Å².